The third kappa shape index (κ3) is 3.65. The highest BCUT2D eigenvalue weighted by Gasteiger charge is 2.12. The van der Waals surface area contributed by atoms with Crippen molar-refractivity contribution >= 4 is 11.5 Å². The molecule has 0 radical (unpaired) electrons. The number of carbonyl (C=O) groups is 1. The normalized spacial score (nSPS) is 12.7. The second-order valence-electron chi connectivity index (χ2n) is 4.26. The van der Waals surface area contributed by atoms with Crippen molar-refractivity contribution in [2.24, 2.45) is 5.92 Å². The zero-order valence-electron chi connectivity index (χ0n) is 11.3. The minimum atomic E-state index is -0.558. The number of nitrogens with one attached hydrogen (secondary N) is 1. The molecule has 4 heteroatoms. The van der Waals surface area contributed by atoms with Gasteiger partial charge in [-0.15, -0.1) is 0 Å². The molecule has 0 fully saturated rings. The van der Waals surface area contributed by atoms with Gasteiger partial charge in [0.15, 0.2) is 0 Å². The topological polar surface area (TPSA) is 52.9 Å². The number of Topliss-reactive ketones (excluding diaryl/α,β-unsaturated/α-hetero) is 1. The largest absolute Gasteiger partial charge is 0.388 e. The fraction of sp³-hybridized carbons (Fsp3) is 0.333. The number of benzene rings is 1. The highest BCUT2D eigenvalue weighted by atomic mass is 19.1. The van der Waals surface area contributed by atoms with Crippen molar-refractivity contribution in [3.05, 3.63) is 41.2 Å². The van der Waals surface area contributed by atoms with Crippen LogP contribution in [0.1, 0.15) is 31.4 Å². The number of carbonyl (C=O) groups excluding carboxylic acids is 1. The summed E-state index contributed by atoms with van der Waals surface area (Å²) in [7, 11) is 1.72. The van der Waals surface area contributed by atoms with E-state index in [-0.39, 0.29) is 17.3 Å². The van der Waals surface area contributed by atoms with Crippen LogP contribution < -0.4 is 5.32 Å². The van der Waals surface area contributed by atoms with Crippen molar-refractivity contribution in [1.82, 2.24) is 5.32 Å². The molecule has 0 aliphatic heterocycles. The monoisotopic (exact) mass is 260 g/mol. The number of nitrogens with zero attached hydrogens (tertiary/aromatic N) is 1. The first kappa shape index (κ1) is 14.9. The van der Waals surface area contributed by atoms with Crippen LogP contribution in [-0.2, 0) is 4.79 Å². The van der Waals surface area contributed by atoms with E-state index in [1.165, 1.54) is 19.1 Å². The number of allylic oxidation sites excluding steroid dienone is 1. The highest BCUT2D eigenvalue weighted by molar-refractivity contribution is 5.82. The number of halogens is 1. The summed E-state index contributed by atoms with van der Waals surface area (Å²) < 4.78 is 13.6. The van der Waals surface area contributed by atoms with Crippen LogP contribution in [-0.4, -0.2) is 12.8 Å². The quantitative estimate of drug-likeness (QED) is 0.885. The van der Waals surface area contributed by atoms with Crippen LogP contribution in [0, 0.1) is 23.1 Å². The molecule has 0 aliphatic carbocycles. The van der Waals surface area contributed by atoms with Crippen molar-refractivity contribution in [3.8, 4) is 6.07 Å². The van der Waals surface area contributed by atoms with E-state index in [1.54, 1.807) is 25.3 Å². The van der Waals surface area contributed by atoms with Gasteiger partial charge in [0.05, 0.1) is 5.56 Å². The summed E-state index contributed by atoms with van der Waals surface area (Å²) in [4.78, 5) is 11.4. The van der Waals surface area contributed by atoms with E-state index in [0.29, 0.717) is 17.7 Å². The van der Waals surface area contributed by atoms with Gasteiger partial charge in [-0.2, -0.15) is 5.26 Å². The molecule has 0 aliphatic rings. The van der Waals surface area contributed by atoms with Gasteiger partial charge in [0.2, 0.25) is 0 Å². The average molecular weight is 260 g/mol. The Labute approximate surface area is 112 Å². The van der Waals surface area contributed by atoms with Crippen LogP contribution in [0.25, 0.3) is 5.70 Å². The highest BCUT2D eigenvalue weighted by Crippen LogP contribution is 2.19. The predicted molar refractivity (Wildman–Crippen MR) is 72.6 cm³/mol. The lowest BCUT2D eigenvalue weighted by Gasteiger charge is -2.12. The second-order valence-corrected chi connectivity index (χ2v) is 4.26. The number of ketones is 1. The smallest absolute Gasteiger partial charge is 0.141 e. The average Bonchev–Trinajstić information content (AvgIpc) is 2.39. The Balaban J connectivity index is 3.17. The number of hydrogen-bond donors (Lipinski definition) is 1. The molecule has 1 atom stereocenters. The summed E-state index contributed by atoms with van der Waals surface area (Å²) in [6.45, 7) is 3.46. The van der Waals surface area contributed by atoms with Gasteiger partial charge in [0, 0.05) is 24.2 Å². The van der Waals surface area contributed by atoms with E-state index in [4.69, 9.17) is 5.26 Å². The molecule has 19 heavy (non-hydrogen) atoms. The molecule has 1 aromatic rings. The summed E-state index contributed by atoms with van der Waals surface area (Å²) >= 11 is 0. The Hall–Kier alpha value is -2.15. The molecule has 1 rings (SSSR count). The molecule has 3 nitrogen and oxygen atoms in total. The summed E-state index contributed by atoms with van der Waals surface area (Å²) in [5.74, 6) is -0.678. The van der Waals surface area contributed by atoms with Gasteiger partial charge in [-0.05, 0) is 25.5 Å². The minimum absolute atomic E-state index is 0.0119. The molecule has 0 heterocycles. The number of nitriles is 1. The molecular formula is C15H17FN2O. The zero-order valence-corrected chi connectivity index (χ0v) is 11.3. The van der Waals surface area contributed by atoms with Crippen molar-refractivity contribution < 1.29 is 9.18 Å². The Morgan fingerprint density at radius 2 is 2.26 bits per heavy atom. The van der Waals surface area contributed by atoms with Crippen LogP contribution in [0.3, 0.4) is 0 Å². The maximum Gasteiger partial charge on any atom is 0.141 e. The molecule has 1 N–H and O–H groups in total. The van der Waals surface area contributed by atoms with E-state index >= 15 is 0 Å². The molecule has 100 valence electrons. The van der Waals surface area contributed by atoms with Crippen LogP contribution in [0.2, 0.25) is 0 Å². The van der Waals surface area contributed by atoms with Gasteiger partial charge in [-0.25, -0.2) is 4.39 Å². The van der Waals surface area contributed by atoms with Crippen LogP contribution in [0.4, 0.5) is 4.39 Å². The van der Waals surface area contributed by atoms with Crippen molar-refractivity contribution in [3.63, 3.8) is 0 Å². The third-order valence-corrected chi connectivity index (χ3v) is 3.00. The second kappa shape index (κ2) is 6.69. The lowest BCUT2D eigenvalue weighted by atomic mass is 9.98. The van der Waals surface area contributed by atoms with E-state index in [1.807, 2.05) is 6.92 Å². The minimum Gasteiger partial charge on any atom is -0.388 e. The van der Waals surface area contributed by atoms with Gasteiger partial charge < -0.3 is 5.32 Å². The summed E-state index contributed by atoms with van der Waals surface area (Å²) in [5, 5.41) is 11.7. The van der Waals surface area contributed by atoms with Crippen LogP contribution >= 0.6 is 0 Å². The molecule has 0 amide bonds. The first-order valence-corrected chi connectivity index (χ1v) is 6.13. The lowest BCUT2D eigenvalue weighted by molar-refractivity contribution is -0.119. The summed E-state index contributed by atoms with van der Waals surface area (Å²) in [6.07, 6.45) is 2.49. The zero-order chi connectivity index (χ0) is 14.4. The van der Waals surface area contributed by atoms with Crippen molar-refractivity contribution in [2.45, 2.75) is 20.3 Å². The maximum atomic E-state index is 13.6. The summed E-state index contributed by atoms with van der Waals surface area (Å²) in [5.41, 5.74) is 1.32. The third-order valence-electron chi connectivity index (χ3n) is 3.00. The van der Waals surface area contributed by atoms with E-state index in [2.05, 4.69) is 5.32 Å². The van der Waals surface area contributed by atoms with E-state index in [0.717, 1.165) is 0 Å². The van der Waals surface area contributed by atoms with Gasteiger partial charge >= 0.3 is 0 Å². The Morgan fingerprint density at radius 3 is 2.68 bits per heavy atom. The van der Waals surface area contributed by atoms with Crippen molar-refractivity contribution in [2.75, 3.05) is 7.05 Å². The molecule has 0 aromatic heterocycles. The molecule has 0 bridgehead atoms. The maximum absolute atomic E-state index is 13.6. The van der Waals surface area contributed by atoms with E-state index < -0.39 is 5.82 Å². The van der Waals surface area contributed by atoms with Crippen LogP contribution in [0.15, 0.2) is 24.3 Å². The molecule has 0 spiro atoms. The Morgan fingerprint density at radius 1 is 1.58 bits per heavy atom. The lowest BCUT2D eigenvalue weighted by Crippen LogP contribution is -2.12. The Kier molecular flexibility index (Phi) is 5.25. The van der Waals surface area contributed by atoms with Gasteiger partial charge in [0.25, 0.3) is 0 Å². The first-order chi connectivity index (χ1) is 9.03. The van der Waals surface area contributed by atoms with E-state index in [9.17, 15) is 9.18 Å². The summed E-state index contributed by atoms with van der Waals surface area (Å²) in [6, 6.07) is 6.18. The molecule has 1 unspecified atom stereocenters. The fourth-order valence-corrected chi connectivity index (χ4v) is 1.82. The fourth-order valence-electron chi connectivity index (χ4n) is 1.82. The SMILES string of the molecule is CCC(/C=C(\NC)c1ccc(C#N)c(F)c1)C(C)=O. The standard InChI is InChI=1S/C15H17FN2O/c1-4-11(10(2)19)8-15(18-3)12-5-6-13(9-17)14(16)7-12/h5-8,11,18H,4H2,1-3H3/b15-8-. The number of hydrogen-bond acceptors (Lipinski definition) is 3. The number of rotatable bonds is 5. The van der Waals surface area contributed by atoms with Gasteiger partial charge in [0.1, 0.15) is 17.7 Å². The predicted octanol–water partition coefficient (Wildman–Crippen LogP) is 2.87. The molecule has 1 aromatic carbocycles. The molecule has 0 saturated carbocycles. The molecule has 0 saturated heterocycles. The van der Waals surface area contributed by atoms with Crippen LogP contribution in [0.5, 0.6) is 0 Å². The molecular weight excluding hydrogens is 243 g/mol. The van der Waals surface area contributed by atoms with Crippen molar-refractivity contribution in [1.29, 1.82) is 5.26 Å². The Bertz CT molecular complexity index is 544. The first-order valence-electron chi connectivity index (χ1n) is 6.13. The van der Waals surface area contributed by atoms with Gasteiger partial charge in [-0.3, -0.25) is 4.79 Å². The van der Waals surface area contributed by atoms with Gasteiger partial charge in [-0.1, -0.05) is 19.1 Å².